The molecule has 0 saturated carbocycles. The maximum absolute atomic E-state index is 11.7. The number of anilines is 1. The Morgan fingerprint density at radius 3 is 2.70 bits per heavy atom. The van der Waals surface area contributed by atoms with Crippen LogP contribution in [0.25, 0.3) is 0 Å². The van der Waals surface area contributed by atoms with Gasteiger partial charge in [-0.2, -0.15) is 0 Å². The van der Waals surface area contributed by atoms with Crippen LogP contribution < -0.4 is 15.8 Å². The van der Waals surface area contributed by atoms with Gasteiger partial charge in [0.1, 0.15) is 5.82 Å². The van der Waals surface area contributed by atoms with Crippen LogP contribution in [0.5, 0.6) is 0 Å². The summed E-state index contributed by atoms with van der Waals surface area (Å²) in [6, 6.07) is 1.47. The fourth-order valence-electron chi connectivity index (χ4n) is 1.34. The molecule has 0 fully saturated rings. The Kier molecular flexibility index (Phi) is 6.18. The second kappa shape index (κ2) is 7.41. The number of hydrogen-bond acceptors (Lipinski definition) is 5. The van der Waals surface area contributed by atoms with Crippen molar-refractivity contribution in [1.29, 1.82) is 0 Å². The second-order valence-corrected chi connectivity index (χ2v) is 6.25. The van der Waals surface area contributed by atoms with Crippen molar-refractivity contribution in [3.05, 3.63) is 22.8 Å². The summed E-state index contributed by atoms with van der Waals surface area (Å²) in [5, 5.41) is 10.6. The number of primary sulfonamides is 1. The molecule has 0 unspecified atom stereocenters. The number of hydrogen-bond donors (Lipinski definition) is 3. The van der Waals surface area contributed by atoms with E-state index in [0.29, 0.717) is 10.8 Å². The molecule has 0 atom stereocenters. The van der Waals surface area contributed by atoms with E-state index in [1.807, 2.05) is 6.92 Å². The van der Waals surface area contributed by atoms with E-state index < -0.39 is 15.9 Å². The average Bonchev–Trinajstić information content (AvgIpc) is 2.35. The van der Waals surface area contributed by atoms with Crippen LogP contribution in [0.4, 0.5) is 5.82 Å². The van der Waals surface area contributed by atoms with E-state index >= 15 is 0 Å². The third-order valence-corrected chi connectivity index (χ3v) is 3.38. The summed E-state index contributed by atoms with van der Waals surface area (Å²) in [6.07, 6.45) is 2.30. The van der Waals surface area contributed by atoms with Gasteiger partial charge in [0.05, 0.1) is 16.3 Å². The van der Waals surface area contributed by atoms with Gasteiger partial charge in [-0.1, -0.05) is 18.5 Å². The Morgan fingerprint density at radius 2 is 2.15 bits per heavy atom. The molecular weight excluding hydrogens is 304 g/mol. The quantitative estimate of drug-likeness (QED) is 0.679. The first-order valence-electron chi connectivity index (χ1n) is 6.01. The van der Waals surface area contributed by atoms with Crippen LogP contribution >= 0.6 is 11.6 Å². The Hall–Kier alpha value is -1.38. The number of rotatable bonds is 7. The van der Waals surface area contributed by atoms with Gasteiger partial charge in [0.25, 0.3) is 5.91 Å². The normalized spacial score (nSPS) is 11.2. The highest BCUT2D eigenvalue weighted by molar-refractivity contribution is 7.89. The van der Waals surface area contributed by atoms with Crippen LogP contribution in [0.3, 0.4) is 0 Å². The minimum absolute atomic E-state index is 0.0644. The van der Waals surface area contributed by atoms with Crippen LogP contribution in [0, 0.1) is 0 Å². The maximum atomic E-state index is 11.7. The van der Waals surface area contributed by atoms with Gasteiger partial charge >= 0.3 is 0 Å². The number of aromatic nitrogens is 1. The third kappa shape index (κ3) is 5.72. The molecule has 7 nitrogen and oxygen atoms in total. The lowest BCUT2D eigenvalue weighted by atomic mass is 10.2. The van der Waals surface area contributed by atoms with Gasteiger partial charge in [-0.15, -0.1) is 0 Å². The first kappa shape index (κ1) is 16.7. The number of carbonyl (C=O) groups is 1. The number of carbonyl (C=O) groups excluding carboxylic acids is 1. The lowest BCUT2D eigenvalue weighted by molar-refractivity contribution is 0.0956. The molecule has 0 radical (unpaired) electrons. The second-order valence-electron chi connectivity index (χ2n) is 4.10. The van der Waals surface area contributed by atoms with Gasteiger partial charge in [-0.3, -0.25) is 4.79 Å². The minimum atomic E-state index is -3.59. The summed E-state index contributed by atoms with van der Waals surface area (Å²) < 4.78 is 21.5. The van der Waals surface area contributed by atoms with Crippen LogP contribution in [0.15, 0.2) is 12.3 Å². The Balaban J connectivity index is 2.63. The zero-order valence-electron chi connectivity index (χ0n) is 11.0. The van der Waals surface area contributed by atoms with Crippen LogP contribution in [-0.2, 0) is 10.0 Å². The minimum Gasteiger partial charge on any atom is -0.369 e. The molecule has 0 spiro atoms. The number of pyridine rings is 1. The van der Waals surface area contributed by atoms with Crippen molar-refractivity contribution in [2.45, 2.75) is 13.3 Å². The molecule has 0 aliphatic rings. The highest BCUT2D eigenvalue weighted by atomic mass is 35.5. The lowest BCUT2D eigenvalue weighted by Gasteiger charge is -2.08. The number of nitrogens with zero attached hydrogens (tertiary/aromatic N) is 1. The number of nitrogens with one attached hydrogen (secondary N) is 2. The van der Waals surface area contributed by atoms with Crippen LogP contribution in [-0.4, -0.2) is 38.2 Å². The number of nitrogens with two attached hydrogens (primary N) is 1. The summed E-state index contributed by atoms with van der Waals surface area (Å²) in [4.78, 5) is 15.8. The molecule has 0 aliphatic heterocycles. The molecule has 1 amide bonds. The van der Waals surface area contributed by atoms with Crippen molar-refractivity contribution in [2.75, 3.05) is 24.2 Å². The fraction of sp³-hybridized carbons (Fsp3) is 0.455. The molecule has 1 aromatic heterocycles. The molecule has 0 bridgehead atoms. The molecule has 112 valence electrons. The summed E-state index contributed by atoms with van der Waals surface area (Å²) in [5.41, 5.74) is 0.256. The first-order valence-corrected chi connectivity index (χ1v) is 8.11. The van der Waals surface area contributed by atoms with Crippen molar-refractivity contribution in [3.63, 3.8) is 0 Å². The van der Waals surface area contributed by atoms with Crippen molar-refractivity contribution >= 4 is 33.3 Å². The van der Waals surface area contributed by atoms with Crippen molar-refractivity contribution in [2.24, 2.45) is 5.14 Å². The van der Waals surface area contributed by atoms with Gasteiger partial charge in [0.2, 0.25) is 10.0 Å². The van der Waals surface area contributed by atoms with E-state index in [2.05, 4.69) is 15.6 Å². The molecule has 0 saturated heterocycles. The average molecular weight is 321 g/mol. The number of halogens is 1. The summed E-state index contributed by atoms with van der Waals surface area (Å²) in [5.74, 6) is -0.268. The molecule has 1 aromatic rings. The van der Waals surface area contributed by atoms with E-state index in [-0.39, 0.29) is 17.9 Å². The zero-order valence-corrected chi connectivity index (χ0v) is 12.6. The monoisotopic (exact) mass is 320 g/mol. The van der Waals surface area contributed by atoms with E-state index in [9.17, 15) is 13.2 Å². The van der Waals surface area contributed by atoms with Gasteiger partial charge in [-0.25, -0.2) is 18.5 Å². The highest BCUT2D eigenvalue weighted by Crippen LogP contribution is 2.19. The van der Waals surface area contributed by atoms with Gasteiger partial charge < -0.3 is 10.6 Å². The van der Waals surface area contributed by atoms with E-state index in [4.69, 9.17) is 16.7 Å². The zero-order chi connectivity index (χ0) is 15.2. The molecule has 1 heterocycles. The maximum Gasteiger partial charge on any atom is 0.252 e. The van der Waals surface area contributed by atoms with Crippen molar-refractivity contribution < 1.29 is 13.2 Å². The molecule has 9 heteroatoms. The SMILES string of the molecule is CCCNc1ncc(C(=O)NCCS(N)(=O)=O)cc1Cl. The molecule has 20 heavy (non-hydrogen) atoms. The molecule has 4 N–H and O–H groups in total. The molecule has 0 aromatic carbocycles. The third-order valence-electron chi connectivity index (χ3n) is 2.32. The van der Waals surface area contributed by atoms with Gasteiger partial charge in [-0.05, 0) is 12.5 Å². The number of sulfonamides is 1. The topological polar surface area (TPSA) is 114 Å². The summed E-state index contributed by atoms with van der Waals surface area (Å²) in [6.45, 7) is 2.67. The molecule has 1 rings (SSSR count). The summed E-state index contributed by atoms with van der Waals surface area (Å²) >= 11 is 5.99. The van der Waals surface area contributed by atoms with Gasteiger partial charge in [0.15, 0.2) is 0 Å². The Bertz CT molecular complexity index is 577. The number of amides is 1. The predicted octanol–water partition coefficient (Wildman–Crippen LogP) is 0.575. The molecule has 0 aliphatic carbocycles. The van der Waals surface area contributed by atoms with E-state index in [0.717, 1.165) is 13.0 Å². The largest absolute Gasteiger partial charge is 0.369 e. The Labute approximate surface area is 123 Å². The predicted molar refractivity (Wildman–Crippen MR) is 78.3 cm³/mol. The molecular formula is C11H17ClN4O3S. The van der Waals surface area contributed by atoms with Crippen molar-refractivity contribution in [3.8, 4) is 0 Å². The fourth-order valence-corrected chi connectivity index (χ4v) is 1.96. The van der Waals surface area contributed by atoms with Crippen molar-refractivity contribution in [1.82, 2.24) is 10.3 Å². The van der Waals surface area contributed by atoms with Crippen LogP contribution in [0.1, 0.15) is 23.7 Å². The smallest absolute Gasteiger partial charge is 0.252 e. The van der Waals surface area contributed by atoms with Crippen LogP contribution in [0.2, 0.25) is 5.02 Å². The van der Waals surface area contributed by atoms with E-state index in [1.165, 1.54) is 12.3 Å². The van der Waals surface area contributed by atoms with Gasteiger partial charge in [0, 0.05) is 19.3 Å². The first-order chi connectivity index (χ1) is 9.33. The Morgan fingerprint density at radius 1 is 1.45 bits per heavy atom. The van der Waals surface area contributed by atoms with E-state index in [1.54, 1.807) is 0 Å². The standard InChI is InChI=1S/C11H17ClN4O3S/c1-2-3-14-10-9(12)6-8(7-16-10)11(17)15-4-5-20(13,18)19/h6-7H,2-5H2,1H3,(H,14,16)(H,15,17)(H2,13,18,19). The highest BCUT2D eigenvalue weighted by Gasteiger charge is 2.10. The summed E-state index contributed by atoms with van der Waals surface area (Å²) in [7, 11) is -3.59. The lowest BCUT2D eigenvalue weighted by Crippen LogP contribution is -2.31.